The van der Waals surface area contributed by atoms with Crippen molar-refractivity contribution in [2.45, 2.75) is 18.2 Å². The van der Waals surface area contributed by atoms with Crippen molar-refractivity contribution in [1.82, 2.24) is 0 Å². The summed E-state index contributed by atoms with van der Waals surface area (Å²) < 4.78 is 14.4. The van der Waals surface area contributed by atoms with Gasteiger partial charge in [0, 0.05) is 14.3 Å². The van der Waals surface area contributed by atoms with Gasteiger partial charge in [-0.05, 0) is 48.2 Å². The van der Waals surface area contributed by atoms with E-state index in [9.17, 15) is 4.39 Å². The van der Waals surface area contributed by atoms with Gasteiger partial charge in [0.1, 0.15) is 5.82 Å². The average molecular weight is 407 g/mol. The van der Waals surface area contributed by atoms with Crippen molar-refractivity contribution in [3.05, 3.63) is 68.4 Å². The fourth-order valence-corrected chi connectivity index (χ4v) is 3.51. The molecule has 0 aliphatic heterocycles. The van der Waals surface area contributed by atoms with E-state index in [0.717, 1.165) is 16.5 Å². The van der Waals surface area contributed by atoms with E-state index in [1.54, 1.807) is 13.0 Å². The lowest BCUT2D eigenvalue weighted by Crippen LogP contribution is -1.98. The Balaban J connectivity index is 2.25. The van der Waals surface area contributed by atoms with E-state index in [4.69, 9.17) is 11.6 Å². The Morgan fingerprint density at radius 3 is 2.68 bits per heavy atom. The van der Waals surface area contributed by atoms with Crippen LogP contribution in [-0.4, -0.2) is 0 Å². The van der Waals surface area contributed by atoms with Crippen LogP contribution in [0.15, 0.2) is 40.9 Å². The molecule has 100 valence electrons. The summed E-state index contributed by atoms with van der Waals surface area (Å²) in [6.07, 6.45) is 0.796. The lowest BCUT2D eigenvalue weighted by Gasteiger charge is -2.14. The zero-order valence-corrected chi connectivity index (χ0v) is 14.2. The minimum atomic E-state index is -0.268. The highest BCUT2D eigenvalue weighted by molar-refractivity contribution is 9.10. The highest BCUT2D eigenvalue weighted by Crippen LogP contribution is 2.34. The van der Waals surface area contributed by atoms with Crippen molar-refractivity contribution >= 4 is 43.5 Å². The van der Waals surface area contributed by atoms with E-state index in [0.29, 0.717) is 10.6 Å². The van der Waals surface area contributed by atoms with Crippen LogP contribution in [0.4, 0.5) is 4.39 Å². The smallest absolute Gasteiger partial charge is 0.127 e. The molecule has 0 aliphatic rings. The number of rotatable bonds is 3. The molecular formula is C15H12Br2ClF. The number of aryl methyl sites for hydroxylation is 1. The molecule has 2 aromatic carbocycles. The Morgan fingerprint density at radius 1 is 1.26 bits per heavy atom. The van der Waals surface area contributed by atoms with E-state index in [2.05, 4.69) is 44.0 Å². The predicted octanol–water partition coefficient (Wildman–Crippen LogP) is 6.23. The van der Waals surface area contributed by atoms with Crippen LogP contribution in [-0.2, 0) is 6.42 Å². The van der Waals surface area contributed by atoms with Gasteiger partial charge in [0.15, 0.2) is 0 Å². The zero-order chi connectivity index (χ0) is 14.0. The fraction of sp³-hybridized carbons (Fsp3) is 0.200. The van der Waals surface area contributed by atoms with Crippen molar-refractivity contribution in [2.75, 3.05) is 0 Å². The van der Waals surface area contributed by atoms with Crippen LogP contribution in [0.1, 0.15) is 21.5 Å². The highest BCUT2D eigenvalue weighted by atomic mass is 79.9. The fourth-order valence-electron chi connectivity index (χ4n) is 1.90. The summed E-state index contributed by atoms with van der Waals surface area (Å²) in [7, 11) is 0. The summed E-state index contributed by atoms with van der Waals surface area (Å²) in [5.41, 5.74) is 2.72. The van der Waals surface area contributed by atoms with Gasteiger partial charge in [-0.15, -0.1) is 0 Å². The van der Waals surface area contributed by atoms with Crippen molar-refractivity contribution < 1.29 is 4.39 Å². The minimum Gasteiger partial charge on any atom is -0.207 e. The maximum atomic E-state index is 13.4. The Labute approximate surface area is 134 Å². The zero-order valence-electron chi connectivity index (χ0n) is 10.3. The molecule has 0 bridgehead atoms. The van der Waals surface area contributed by atoms with Crippen molar-refractivity contribution in [1.29, 1.82) is 0 Å². The molecule has 2 rings (SSSR count). The second-order valence-corrected chi connectivity index (χ2v) is 6.85. The monoisotopic (exact) mass is 404 g/mol. The van der Waals surface area contributed by atoms with Gasteiger partial charge in [-0.1, -0.05) is 61.7 Å². The second-order valence-electron chi connectivity index (χ2n) is 4.42. The summed E-state index contributed by atoms with van der Waals surface area (Å²) in [5, 5.41) is 0.458. The predicted molar refractivity (Wildman–Crippen MR) is 85.7 cm³/mol. The molecule has 1 atom stereocenters. The third-order valence-electron chi connectivity index (χ3n) is 2.92. The van der Waals surface area contributed by atoms with Gasteiger partial charge in [-0.2, -0.15) is 0 Å². The molecule has 0 amide bonds. The molecule has 1 unspecified atom stereocenters. The molecule has 0 saturated heterocycles. The number of hydrogen-bond donors (Lipinski definition) is 0. The van der Waals surface area contributed by atoms with E-state index in [-0.39, 0.29) is 10.6 Å². The minimum absolute atomic E-state index is 0.0635. The molecule has 0 fully saturated rings. The normalized spacial score (nSPS) is 12.5. The first-order valence-corrected chi connectivity index (χ1v) is 7.90. The van der Waals surface area contributed by atoms with Gasteiger partial charge in [-0.3, -0.25) is 0 Å². The van der Waals surface area contributed by atoms with Crippen LogP contribution < -0.4 is 0 Å². The number of alkyl halides is 1. The summed E-state index contributed by atoms with van der Waals surface area (Å²) in [5.74, 6) is -0.268. The van der Waals surface area contributed by atoms with E-state index in [1.807, 2.05) is 12.1 Å². The standard InChI is InChI=1S/C15H12Br2ClF/c1-9-5-12(14(18)8-15(9)19)13(17)7-10-3-2-4-11(16)6-10/h2-6,8,13H,7H2,1H3. The largest absolute Gasteiger partial charge is 0.207 e. The molecular weight excluding hydrogens is 394 g/mol. The molecule has 0 radical (unpaired) electrons. The van der Waals surface area contributed by atoms with E-state index >= 15 is 0 Å². The first-order valence-electron chi connectivity index (χ1n) is 5.81. The van der Waals surface area contributed by atoms with Crippen LogP contribution in [0.2, 0.25) is 5.02 Å². The van der Waals surface area contributed by atoms with Gasteiger partial charge in [0.05, 0.1) is 0 Å². The molecule has 19 heavy (non-hydrogen) atoms. The third kappa shape index (κ3) is 3.80. The summed E-state index contributed by atoms with van der Waals surface area (Å²) in [4.78, 5) is 0.0635. The molecule has 0 spiro atoms. The maximum absolute atomic E-state index is 13.4. The maximum Gasteiger partial charge on any atom is 0.127 e. The lowest BCUT2D eigenvalue weighted by molar-refractivity contribution is 0.617. The molecule has 0 aliphatic carbocycles. The Hall–Kier alpha value is -0.380. The summed E-state index contributed by atoms with van der Waals surface area (Å²) in [6.45, 7) is 1.74. The highest BCUT2D eigenvalue weighted by Gasteiger charge is 2.14. The number of halogens is 4. The van der Waals surface area contributed by atoms with Crippen molar-refractivity contribution in [3.63, 3.8) is 0 Å². The van der Waals surface area contributed by atoms with Gasteiger partial charge in [0.2, 0.25) is 0 Å². The summed E-state index contributed by atoms with van der Waals surface area (Å²) >= 11 is 13.2. The van der Waals surface area contributed by atoms with Crippen LogP contribution in [0.25, 0.3) is 0 Å². The van der Waals surface area contributed by atoms with Gasteiger partial charge < -0.3 is 0 Å². The van der Waals surface area contributed by atoms with Crippen LogP contribution in [0.3, 0.4) is 0 Å². The molecule has 4 heteroatoms. The molecule has 0 saturated carbocycles. The van der Waals surface area contributed by atoms with Gasteiger partial charge >= 0.3 is 0 Å². The number of hydrogen-bond acceptors (Lipinski definition) is 0. The lowest BCUT2D eigenvalue weighted by atomic mass is 10.0. The van der Waals surface area contributed by atoms with Crippen molar-refractivity contribution in [2.24, 2.45) is 0 Å². The first kappa shape index (κ1) is 15.0. The van der Waals surface area contributed by atoms with E-state index in [1.165, 1.54) is 11.6 Å². The Morgan fingerprint density at radius 2 is 2.00 bits per heavy atom. The van der Waals surface area contributed by atoms with Crippen LogP contribution >= 0.6 is 43.5 Å². The van der Waals surface area contributed by atoms with E-state index < -0.39 is 0 Å². The first-order chi connectivity index (χ1) is 8.97. The molecule has 0 N–H and O–H groups in total. The number of benzene rings is 2. The SMILES string of the molecule is Cc1cc(C(Br)Cc2cccc(Br)c2)c(Cl)cc1F. The Bertz CT molecular complexity index is 599. The van der Waals surface area contributed by atoms with Gasteiger partial charge in [0.25, 0.3) is 0 Å². The Kier molecular flexibility index (Phi) is 5.04. The average Bonchev–Trinajstić information content (AvgIpc) is 2.33. The second kappa shape index (κ2) is 6.38. The van der Waals surface area contributed by atoms with Crippen LogP contribution in [0.5, 0.6) is 0 Å². The third-order valence-corrected chi connectivity index (χ3v) is 4.56. The summed E-state index contributed by atoms with van der Waals surface area (Å²) in [6, 6.07) is 11.3. The van der Waals surface area contributed by atoms with Crippen molar-refractivity contribution in [3.8, 4) is 0 Å². The quantitative estimate of drug-likeness (QED) is 0.530. The molecule has 0 aromatic heterocycles. The molecule has 0 nitrogen and oxygen atoms in total. The molecule has 2 aromatic rings. The molecule has 0 heterocycles. The van der Waals surface area contributed by atoms with Crippen LogP contribution in [0, 0.1) is 12.7 Å². The van der Waals surface area contributed by atoms with Gasteiger partial charge in [-0.25, -0.2) is 4.39 Å². The topological polar surface area (TPSA) is 0 Å².